The maximum absolute atomic E-state index is 12.4. The first kappa shape index (κ1) is 11.9. The summed E-state index contributed by atoms with van der Waals surface area (Å²) in [6, 6.07) is 3.24. The van der Waals surface area contributed by atoms with Crippen LogP contribution in [0.3, 0.4) is 0 Å². The third kappa shape index (κ3) is 2.58. The first-order valence-corrected chi connectivity index (χ1v) is 4.96. The quantitative estimate of drug-likeness (QED) is 0.833. The minimum atomic E-state index is -4.36. The summed E-state index contributed by atoms with van der Waals surface area (Å²) in [6.07, 6.45) is -3.92. The molecule has 0 radical (unpaired) electrons. The molecule has 2 rings (SSSR count). The molecule has 0 saturated heterocycles. The van der Waals surface area contributed by atoms with Gasteiger partial charge in [0.25, 0.3) is 0 Å². The van der Waals surface area contributed by atoms with Crippen molar-refractivity contribution in [3.8, 4) is 0 Å². The molecule has 0 unspecified atom stereocenters. The van der Waals surface area contributed by atoms with Crippen LogP contribution in [0.25, 0.3) is 11.1 Å². The van der Waals surface area contributed by atoms with Crippen molar-refractivity contribution in [2.24, 2.45) is 0 Å². The second-order valence-corrected chi connectivity index (χ2v) is 3.53. The highest BCUT2D eigenvalue weighted by Crippen LogP contribution is 2.31. The smallest absolute Gasteiger partial charge is 0.416 e. The number of hydrogen-bond acceptors (Lipinski definition) is 3. The van der Waals surface area contributed by atoms with Crippen molar-refractivity contribution in [1.29, 1.82) is 0 Å². The minimum Gasteiger partial charge on any atom is -0.441 e. The lowest BCUT2D eigenvalue weighted by Crippen LogP contribution is -2.04. The van der Waals surface area contributed by atoms with Crippen molar-refractivity contribution in [2.45, 2.75) is 12.6 Å². The topological polar surface area (TPSA) is 35.3 Å². The van der Waals surface area contributed by atoms with Gasteiger partial charge in [-0.1, -0.05) is 0 Å². The van der Waals surface area contributed by atoms with Crippen molar-refractivity contribution < 1.29 is 22.3 Å². The van der Waals surface area contributed by atoms with E-state index in [0.29, 0.717) is 24.5 Å². The van der Waals surface area contributed by atoms with Crippen LogP contribution >= 0.6 is 0 Å². The molecule has 0 atom stereocenters. The maximum Gasteiger partial charge on any atom is 0.416 e. The highest BCUT2D eigenvalue weighted by atomic mass is 19.4. The van der Waals surface area contributed by atoms with Crippen LogP contribution in [0.5, 0.6) is 0 Å². The second-order valence-electron chi connectivity index (χ2n) is 3.53. The van der Waals surface area contributed by atoms with E-state index in [9.17, 15) is 13.2 Å². The monoisotopic (exact) mass is 245 g/mol. The number of aromatic nitrogens is 1. The van der Waals surface area contributed by atoms with E-state index in [-0.39, 0.29) is 5.52 Å². The number of nitrogens with zero attached hydrogens (tertiary/aromatic N) is 1. The Morgan fingerprint density at radius 2 is 2.12 bits per heavy atom. The Kier molecular flexibility index (Phi) is 3.06. The van der Waals surface area contributed by atoms with Crippen molar-refractivity contribution in [1.82, 2.24) is 4.98 Å². The third-order valence-corrected chi connectivity index (χ3v) is 2.28. The fourth-order valence-corrected chi connectivity index (χ4v) is 1.45. The summed E-state index contributed by atoms with van der Waals surface area (Å²) in [5, 5.41) is 0. The molecular formula is C11H10F3NO2. The molecule has 1 aromatic heterocycles. The molecular weight excluding hydrogens is 235 g/mol. The third-order valence-electron chi connectivity index (χ3n) is 2.28. The van der Waals surface area contributed by atoms with Crippen LogP contribution < -0.4 is 0 Å². The summed E-state index contributed by atoms with van der Waals surface area (Å²) in [7, 11) is 1.53. The molecule has 1 heterocycles. The zero-order valence-electron chi connectivity index (χ0n) is 9.04. The Balaban J connectivity index is 2.34. The van der Waals surface area contributed by atoms with Gasteiger partial charge in [-0.15, -0.1) is 0 Å². The average Bonchev–Trinajstić information content (AvgIpc) is 2.66. The second kappa shape index (κ2) is 4.37. The number of benzene rings is 1. The molecule has 0 N–H and O–H groups in total. The lowest BCUT2D eigenvalue weighted by atomic mass is 10.2. The largest absolute Gasteiger partial charge is 0.441 e. The first-order valence-electron chi connectivity index (χ1n) is 4.96. The first-order chi connectivity index (χ1) is 8.00. The number of rotatable bonds is 3. The van der Waals surface area contributed by atoms with Gasteiger partial charge in [0.05, 0.1) is 12.2 Å². The van der Waals surface area contributed by atoms with Crippen LogP contribution in [0.1, 0.15) is 11.5 Å². The predicted octanol–water partition coefficient (Wildman–Crippen LogP) is 3.04. The molecule has 3 nitrogen and oxygen atoms in total. The molecule has 0 aliphatic carbocycles. The van der Waals surface area contributed by atoms with E-state index in [0.717, 1.165) is 12.1 Å². The zero-order valence-corrected chi connectivity index (χ0v) is 9.04. The molecule has 92 valence electrons. The number of halogens is 3. The molecule has 1 aromatic carbocycles. The van der Waals surface area contributed by atoms with Gasteiger partial charge in [0.15, 0.2) is 11.5 Å². The summed E-state index contributed by atoms with van der Waals surface area (Å²) in [5.41, 5.74) is -0.161. The predicted molar refractivity (Wildman–Crippen MR) is 54.6 cm³/mol. The molecule has 0 amide bonds. The number of methoxy groups -OCH3 is 1. The number of oxazole rings is 1. The Bertz CT molecular complexity index is 519. The Labute approximate surface area is 95.2 Å². The Morgan fingerprint density at radius 3 is 2.76 bits per heavy atom. The lowest BCUT2D eigenvalue weighted by Gasteiger charge is -2.04. The summed E-state index contributed by atoms with van der Waals surface area (Å²) in [5.74, 6) is 0.376. The SMILES string of the molecule is COCCc1nc2cc(C(F)(F)F)ccc2o1. The van der Waals surface area contributed by atoms with Crippen LogP contribution in [0.4, 0.5) is 13.2 Å². The number of alkyl halides is 3. The summed E-state index contributed by atoms with van der Waals surface area (Å²) in [4.78, 5) is 3.98. The highest BCUT2D eigenvalue weighted by Gasteiger charge is 2.30. The van der Waals surface area contributed by atoms with Gasteiger partial charge in [-0.25, -0.2) is 4.98 Å². The maximum atomic E-state index is 12.4. The van der Waals surface area contributed by atoms with E-state index in [1.165, 1.54) is 13.2 Å². The van der Waals surface area contributed by atoms with Crippen molar-refractivity contribution in [3.63, 3.8) is 0 Å². The molecule has 0 aliphatic heterocycles. The highest BCUT2D eigenvalue weighted by molar-refractivity contribution is 5.73. The summed E-state index contributed by atoms with van der Waals surface area (Å²) < 4.78 is 47.5. The molecule has 6 heteroatoms. The average molecular weight is 245 g/mol. The van der Waals surface area contributed by atoms with Gasteiger partial charge in [0.1, 0.15) is 5.52 Å². The normalized spacial score (nSPS) is 12.2. The number of hydrogen-bond donors (Lipinski definition) is 0. The van der Waals surface area contributed by atoms with E-state index >= 15 is 0 Å². The van der Waals surface area contributed by atoms with E-state index in [1.807, 2.05) is 0 Å². The van der Waals surface area contributed by atoms with Crippen LogP contribution in [-0.4, -0.2) is 18.7 Å². The van der Waals surface area contributed by atoms with Crippen LogP contribution in [-0.2, 0) is 17.3 Å². The van der Waals surface area contributed by atoms with Gasteiger partial charge in [0.2, 0.25) is 0 Å². The number of ether oxygens (including phenoxy) is 1. The molecule has 0 aliphatic rings. The summed E-state index contributed by atoms with van der Waals surface area (Å²) in [6.45, 7) is 0.416. The Hall–Kier alpha value is -1.56. The summed E-state index contributed by atoms with van der Waals surface area (Å²) >= 11 is 0. The fourth-order valence-electron chi connectivity index (χ4n) is 1.45. The van der Waals surface area contributed by atoms with Gasteiger partial charge in [-0.05, 0) is 18.2 Å². The molecule has 0 fully saturated rings. The molecule has 0 bridgehead atoms. The Morgan fingerprint density at radius 1 is 1.35 bits per heavy atom. The number of fused-ring (bicyclic) bond motifs is 1. The van der Waals surface area contributed by atoms with Gasteiger partial charge in [-0.2, -0.15) is 13.2 Å². The van der Waals surface area contributed by atoms with E-state index < -0.39 is 11.7 Å². The van der Waals surface area contributed by atoms with Crippen LogP contribution in [0.15, 0.2) is 22.6 Å². The van der Waals surface area contributed by atoms with Crippen LogP contribution in [0, 0.1) is 0 Å². The van der Waals surface area contributed by atoms with Gasteiger partial charge >= 0.3 is 6.18 Å². The van der Waals surface area contributed by atoms with Crippen molar-refractivity contribution in [3.05, 3.63) is 29.7 Å². The standard InChI is InChI=1S/C11H10F3NO2/c1-16-5-4-10-15-8-6-7(11(12,13)14)2-3-9(8)17-10/h2-3,6H,4-5H2,1H3. The van der Waals surface area contributed by atoms with E-state index in [1.54, 1.807) is 0 Å². The molecule has 0 saturated carbocycles. The van der Waals surface area contributed by atoms with Gasteiger partial charge in [-0.3, -0.25) is 0 Å². The van der Waals surface area contributed by atoms with Crippen molar-refractivity contribution >= 4 is 11.1 Å². The van der Waals surface area contributed by atoms with Crippen LogP contribution in [0.2, 0.25) is 0 Å². The lowest BCUT2D eigenvalue weighted by molar-refractivity contribution is -0.137. The molecule has 0 spiro atoms. The zero-order chi connectivity index (χ0) is 12.5. The van der Waals surface area contributed by atoms with E-state index in [4.69, 9.17) is 9.15 Å². The van der Waals surface area contributed by atoms with Crippen molar-refractivity contribution in [2.75, 3.05) is 13.7 Å². The fraction of sp³-hybridized carbons (Fsp3) is 0.364. The van der Waals surface area contributed by atoms with Gasteiger partial charge < -0.3 is 9.15 Å². The van der Waals surface area contributed by atoms with E-state index in [2.05, 4.69) is 4.98 Å². The minimum absolute atomic E-state index is 0.214. The van der Waals surface area contributed by atoms with Gasteiger partial charge in [0, 0.05) is 13.5 Å². The molecule has 2 aromatic rings. The molecule has 17 heavy (non-hydrogen) atoms.